The van der Waals surface area contributed by atoms with Gasteiger partial charge in [0, 0.05) is 84.8 Å². The minimum absolute atomic E-state index is 0.00478. The van der Waals surface area contributed by atoms with E-state index in [-0.39, 0.29) is 48.6 Å². The maximum absolute atomic E-state index is 15.2. The van der Waals surface area contributed by atoms with Crippen LogP contribution >= 0.6 is 11.8 Å². The van der Waals surface area contributed by atoms with Crippen molar-refractivity contribution >= 4 is 46.3 Å². The lowest BCUT2D eigenvalue weighted by Crippen LogP contribution is -2.70. The fourth-order valence-electron chi connectivity index (χ4n) is 12.0. The van der Waals surface area contributed by atoms with Crippen LogP contribution in [0.25, 0.3) is 11.0 Å². The Morgan fingerprint density at radius 1 is 0.944 bits per heavy atom. The van der Waals surface area contributed by atoms with Crippen molar-refractivity contribution in [3.63, 3.8) is 0 Å². The number of anilines is 1. The van der Waals surface area contributed by atoms with E-state index < -0.39 is 64.7 Å². The third-order valence-corrected chi connectivity index (χ3v) is 16.6. The van der Waals surface area contributed by atoms with Gasteiger partial charge in [0.25, 0.3) is 0 Å². The summed E-state index contributed by atoms with van der Waals surface area (Å²) in [5, 5.41) is 28.4. The highest BCUT2D eigenvalue weighted by Gasteiger charge is 2.61. The van der Waals surface area contributed by atoms with Crippen molar-refractivity contribution in [2.45, 2.75) is 81.2 Å². The summed E-state index contributed by atoms with van der Waals surface area (Å²) in [5.41, 5.74) is 4.82. The molecule has 3 N–H and O–H groups in total. The van der Waals surface area contributed by atoms with Crippen LogP contribution in [-0.2, 0) is 43.9 Å². The van der Waals surface area contributed by atoms with Crippen LogP contribution in [0.4, 0.5) is 5.69 Å². The molecule has 1 spiro atoms. The van der Waals surface area contributed by atoms with Gasteiger partial charge in [-0.15, -0.1) is 11.8 Å². The number of phenolic OH excluding ortho intramolecular Hbond substituents is 1. The number of hydrogen-bond donors (Lipinski definition) is 3. The molecule has 19 heteroatoms. The summed E-state index contributed by atoms with van der Waals surface area (Å²) in [6, 6.07) is 9.62. The number of likely N-dealkylation sites (N-methyl/N-ethyl adjacent to an activating group) is 1. The van der Waals surface area contributed by atoms with Crippen LogP contribution < -0.4 is 44.3 Å². The summed E-state index contributed by atoms with van der Waals surface area (Å²) >= 11 is 1.43. The first-order chi connectivity index (χ1) is 34.0. The number of aliphatic hydroxyl groups excluding tert-OH is 1. The fourth-order valence-corrected chi connectivity index (χ4v) is 13.7. The molecule has 7 aliphatic rings. The summed E-state index contributed by atoms with van der Waals surface area (Å²) in [5.74, 6) is 0.0419. The average molecular weight is 991 g/mol. The van der Waals surface area contributed by atoms with Crippen molar-refractivity contribution in [2.75, 3.05) is 66.0 Å². The average Bonchev–Trinajstić information content (AvgIpc) is 3.83. The Morgan fingerprint density at radius 2 is 1.73 bits per heavy atom. The number of hydrogen-bond acceptors (Lipinski definition) is 19. The number of esters is 3. The Bertz CT molecular complexity index is 3160. The summed E-state index contributed by atoms with van der Waals surface area (Å²) < 4.78 is 48.2. The van der Waals surface area contributed by atoms with Gasteiger partial charge in [0.1, 0.15) is 24.2 Å². The Labute approximate surface area is 412 Å². The van der Waals surface area contributed by atoms with Crippen LogP contribution in [0.3, 0.4) is 0 Å². The maximum atomic E-state index is 15.2. The van der Waals surface area contributed by atoms with E-state index in [0.717, 1.165) is 16.8 Å². The molecule has 4 aromatic carbocycles. The van der Waals surface area contributed by atoms with E-state index >= 15 is 4.79 Å². The second-order valence-corrected chi connectivity index (χ2v) is 20.4. The predicted molar refractivity (Wildman–Crippen MR) is 259 cm³/mol. The molecule has 0 radical (unpaired) electrons. The van der Waals surface area contributed by atoms with E-state index in [4.69, 9.17) is 37.6 Å². The topological polar surface area (TPSA) is 208 Å². The Kier molecular flexibility index (Phi) is 11.5. The Hall–Kier alpha value is -6.51. The number of piperazine rings is 1. The number of thioether (sulfide) groups is 1. The lowest BCUT2D eigenvalue weighted by atomic mass is 9.73. The van der Waals surface area contributed by atoms with Crippen LogP contribution in [0.15, 0.2) is 51.7 Å². The van der Waals surface area contributed by atoms with Gasteiger partial charge in [0.15, 0.2) is 40.0 Å². The fraction of sp³-hybridized carbons (Fsp3) is 0.423. The van der Waals surface area contributed by atoms with E-state index in [1.54, 1.807) is 24.3 Å². The molecule has 2 fully saturated rings. The Morgan fingerprint density at radius 3 is 2.48 bits per heavy atom. The number of aryl methyl sites for hydroxylation is 1. The lowest BCUT2D eigenvalue weighted by Gasteiger charge is -2.62. The number of benzene rings is 4. The second-order valence-electron chi connectivity index (χ2n) is 19.2. The first kappa shape index (κ1) is 46.8. The second kappa shape index (κ2) is 17.4. The van der Waals surface area contributed by atoms with E-state index in [1.165, 1.54) is 39.0 Å². The number of ether oxygens (including phenoxy) is 7. The molecule has 8 heterocycles. The smallest absolute Gasteiger partial charge is 0.336 e. The van der Waals surface area contributed by atoms with Crippen molar-refractivity contribution in [3.05, 3.63) is 103 Å². The lowest BCUT2D eigenvalue weighted by molar-refractivity contribution is -0.186. The summed E-state index contributed by atoms with van der Waals surface area (Å²) in [7, 11) is 8.65. The third-order valence-electron chi connectivity index (χ3n) is 15.1. The van der Waals surface area contributed by atoms with Crippen molar-refractivity contribution < 1.29 is 62.2 Å². The number of carbonyl (C=O) groups is 3. The maximum Gasteiger partial charge on any atom is 0.336 e. The SMILES string of the molecule is COc1cc2c(cc1OC(=O)Cc1cc(=O)oc3cc(N(C)C)ccc13)CCN[C@]21CS[C@@H]2c3c(OC(C)=O)c(C)c4c(c3[C@@H](COC1=O)N1C2[C@H]2c3c(cc(C)c(OC)c3O)C[C@@H]([C@@H]1O)N2C)OCO4. The minimum atomic E-state index is -1.50. The van der Waals surface area contributed by atoms with Gasteiger partial charge in [-0.2, -0.15) is 0 Å². The summed E-state index contributed by atoms with van der Waals surface area (Å²) in [6.45, 7) is 5.00. The molecule has 12 rings (SSSR count). The van der Waals surface area contributed by atoms with Crippen molar-refractivity contribution in [3.8, 4) is 40.2 Å². The quantitative estimate of drug-likeness (QED) is 0.111. The minimum Gasteiger partial charge on any atom is -0.504 e. The molecular formula is C52H54N4O14S. The molecule has 5 aromatic rings. The number of phenols is 1. The van der Waals surface area contributed by atoms with Crippen LogP contribution in [0.1, 0.15) is 74.3 Å². The van der Waals surface area contributed by atoms with Gasteiger partial charge in [-0.3, -0.25) is 24.7 Å². The number of fused-ring (bicyclic) bond motifs is 10. The zero-order chi connectivity index (χ0) is 49.9. The van der Waals surface area contributed by atoms with Gasteiger partial charge in [-0.05, 0) is 85.8 Å². The summed E-state index contributed by atoms with van der Waals surface area (Å²) in [6.07, 6.45) is -0.481. The molecule has 1 aromatic heterocycles. The first-order valence-corrected chi connectivity index (χ1v) is 24.5. The molecule has 0 amide bonds. The largest absolute Gasteiger partial charge is 0.504 e. The molecule has 4 bridgehead atoms. The van der Waals surface area contributed by atoms with Gasteiger partial charge >= 0.3 is 23.5 Å². The molecule has 0 aliphatic carbocycles. The predicted octanol–water partition coefficient (Wildman–Crippen LogP) is 5.03. The highest BCUT2D eigenvalue weighted by molar-refractivity contribution is 7.99. The number of rotatable bonds is 7. The molecule has 0 saturated carbocycles. The standard InChI is InChI=1S/C52H54N4O14S/c1-23-13-28-14-32-50(61)56-33-20-65-51(62)52(31-19-35(63-7)36(15-26(31)11-12-53-52)70-38(59)17-27-16-37(58)69-34-18-29(54(4)5)9-10-30(27)34)21-71-49(43(56)42(55(32)6)39(28)44(60)45(23)64-8)41-40(33)48-47(66-22-67-48)24(2)46(41)68-25(3)57/h9-10,13,15-16,18-19,32-33,42-43,49-50,53,60-61H,11-12,14,17,20-22H2,1-8H3/t32-,33+,42+,43?,49+,50-,52+/m0/s1. The number of aromatic hydroxyl groups is 1. The van der Waals surface area contributed by atoms with E-state index in [1.807, 2.05) is 56.9 Å². The zero-order valence-corrected chi connectivity index (χ0v) is 41.3. The van der Waals surface area contributed by atoms with Crippen LogP contribution in [0, 0.1) is 13.8 Å². The van der Waals surface area contributed by atoms with Crippen molar-refractivity contribution in [2.24, 2.45) is 0 Å². The summed E-state index contributed by atoms with van der Waals surface area (Å²) in [4.78, 5) is 60.7. The number of carbonyl (C=O) groups excluding carboxylic acids is 3. The van der Waals surface area contributed by atoms with Gasteiger partial charge in [-0.1, -0.05) is 6.07 Å². The van der Waals surface area contributed by atoms with Gasteiger partial charge < -0.3 is 52.7 Å². The van der Waals surface area contributed by atoms with Gasteiger partial charge in [0.2, 0.25) is 6.79 Å². The normalized spacial score (nSPS) is 25.1. The molecule has 7 aliphatic heterocycles. The third kappa shape index (κ3) is 7.21. The van der Waals surface area contributed by atoms with Crippen LogP contribution in [-0.4, -0.2) is 117 Å². The number of methoxy groups -OCH3 is 2. The monoisotopic (exact) mass is 990 g/mol. The van der Waals surface area contributed by atoms with E-state index in [0.29, 0.717) is 86.5 Å². The molecule has 18 nitrogen and oxygen atoms in total. The molecular weight excluding hydrogens is 937 g/mol. The number of aliphatic hydroxyl groups is 1. The molecule has 71 heavy (non-hydrogen) atoms. The number of nitrogens with one attached hydrogen (secondary N) is 1. The number of nitrogens with zero attached hydrogens (tertiary/aromatic N) is 3. The zero-order valence-electron chi connectivity index (χ0n) is 40.5. The van der Waals surface area contributed by atoms with Gasteiger partial charge in [-0.25, -0.2) is 9.59 Å². The van der Waals surface area contributed by atoms with Crippen LogP contribution in [0.5, 0.6) is 40.2 Å². The molecule has 1 unspecified atom stereocenters. The first-order valence-electron chi connectivity index (χ1n) is 23.5. The van der Waals surface area contributed by atoms with Crippen molar-refractivity contribution in [1.82, 2.24) is 15.1 Å². The van der Waals surface area contributed by atoms with Crippen molar-refractivity contribution in [1.29, 1.82) is 0 Å². The highest BCUT2D eigenvalue weighted by atomic mass is 32.2. The van der Waals surface area contributed by atoms with Gasteiger partial charge in [0.05, 0.1) is 44.0 Å². The van der Waals surface area contributed by atoms with E-state index in [2.05, 4.69) is 10.2 Å². The highest BCUT2D eigenvalue weighted by Crippen LogP contribution is 2.64. The van der Waals surface area contributed by atoms with E-state index in [9.17, 15) is 24.6 Å². The molecule has 2 saturated heterocycles. The molecule has 7 atom stereocenters. The molecule has 372 valence electrons. The Balaban J connectivity index is 1.03. The van der Waals surface area contributed by atoms with Crippen LogP contribution in [0.2, 0.25) is 0 Å².